The molecule has 0 aliphatic heterocycles. The number of nitrogens with zero attached hydrogens (tertiary/aromatic N) is 1. The average Bonchev–Trinajstić information content (AvgIpc) is 2.72. The number of alkyl halides is 6. The van der Waals surface area contributed by atoms with Crippen LogP contribution in [0.3, 0.4) is 0 Å². The summed E-state index contributed by atoms with van der Waals surface area (Å²) >= 11 is 12.0. The Labute approximate surface area is 195 Å². The van der Waals surface area contributed by atoms with E-state index in [-0.39, 0.29) is 42.0 Å². The second-order valence-corrected chi connectivity index (χ2v) is 7.72. The van der Waals surface area contributed by atoms with Crippen molar-refractivity contribution in [3.63, 3.8) is 0 Å². The molecule has 2 aromatic rings. The molecule has 1 unspecified atom stereocenters. The molecule has 0 aliphatic rings. The Morgan fingerprint density at radius 1 is 0.970 bits per heavy atom. The van der Waals surface area contributed by atoms with Gasteiger partial charge >= 0.3 is 12.4 Å². The maximum atomic E-state index is 13.0. The van der Waals surface area contributed by atoms with Crippen LogP contribution >= 0.6 is 23.2 Å². The first kappa shape index (κ1) is 27.2. The molecule has 0 aromatic heterocycles. The standard InChI is InChI=1S/C21H19Cl2F6NO3/c1-32-30-19(16(4-5-31)13-2-3-17(22)18(23)8-13)11-33-10-12-6-14(20(24,25)26)9-15(7-12)21(27,28)29/h2-3,6-9,16,31H,4-5,10-11H2,1H3/b30-19-. The minimum atomic E-state index is -4.96. The van der Waals surface area contributed by atoms with Gasteiger partial charge in [0.15, 0.2) is 0 Å². The highest BCUT2D eigenvalue weighted by Gasteiger charge is 2.36. The average molecular weight is 518 g/mol. The summed E-state index contributed by atoms with van der Waals surface area (Å²) in [5.74, 6) is -0.558. The zero-order valence-electron chi connectivity index (χ0n) is 17.1. The first-order chi connectivity index (χ1) is 15.4. The molecule has 4 nitrogen and oxygen atoms in total. The molecule has 0 saturated carbocycles. The van der Waals surface area contributed by atoms with Gasteiger partial charge in [-0.3, -0.25) is 0 Å². The number of ether oxygens (including phenoxy) is 1. The van der Waals surface area contributed by atoms with Gasteiger partial charge in [-0.15, -0.1) is 0 Å². The number of halogens is 8. The highest BCUT2D eigenvalue weighted by atomic mass is 35.5. The SMILES string of the molecule is CO/N=C(/COCc1cc(C(F)(F)F)cc(C(F)(F)F)c1)C(CCO)c1ccc(Cl)c(Cl)c1. The molecule has 0 heterocycles. The molecule has 0 radical (unpaired) electrons. The Balaban J connectivity index is 2.26. The van der Waals surface area contributed by atoms with Crippen LogP contribution in [0.1, 0.15) is 34.6 Å². The Morgan fingerprint density at radius 2 is 1.58 bits per heavy atom. The van der Waals surface area contributed by atoms with Crippen LogP contribution in [0, 0.1) is 0 Å². The number of aliphatic hydroxyl groups is 1. The van der Waals surface area contributed by atoms with Gasteiger partial charge in [0.1, 0.15) is 7.11 Å². The van der Waals surface area contributed by atoms with E-state index in [1.165, 1.54) is 13.2 Å². The van der Waals surface area contributed by atoms with Crippen molar-refractivity contribution in [2.24, 2.45) is 5.16 Å². The smallest absolute Gasteiger partial charge is 0.399 e. The molecular formula is C21H19Cl2F6NO3. The molecule has 182 valence electrons. The van der Waals surface area contributed by atoms with Crippen molar-refractivity contribution in [1.82, 2.24) is 0 Å². The van der Waals surface area contributed by atoms with Gasteiger partial charge in [-0.2, -0.15) is 26.3 Å². The minimum Gasteiger partial charge on any atom is -0.399 e. The Morgan fingerprint density at radius 3 is 2.06 bits per heavy atom. The summed E-state index contributed by atoms with van der Waals surface area (Å²) in [4.78, 5) is 4.81. The minimum absolute atomic E-state index is 0.0445. The molecule has 2 rings (SSSR count). The number of hydrogen-bond acceptors (Lipinski definition) is 4. The van der Waals surface area contributed by atoms with Gasteiger partial charge in [-0.1, -0.05) is 34.4 Å². The van der Waals surface area contributed by atoms with E-state index in [0.717, 1.165) is 0 Å². The summed E-state index contributed by atoms with van der Waals surface area (Å²) in [6.45, 7) is -1.10. The predicted molar refractivity (Wildman–Crippen MR) is 111 cm³/mol. The summed E-state index contributed by atoms with van der Waals surface area (Å²) in [7, 11) is 1.26. The first-order valence-electron chi connectivity index (χ1n) is 9.38. The molecule has 12 heteroatoms. The van der Waals surface area contributed by atoms with Gasteiger partial charge in [-0.25, -0.2) is 0 Å². The molecule has 0 fully saturated rings. The zero-order valence-corrected chi connectivity index (χ0v) is 18.6. The van der Waals surface area contributed by atoms with Crippen LogP contribution in [0.4, 0.5) is 26.3 Å². The van der Waals surface area contributed by atoms with E-state index in [0.29, 0.717) is 22.7 Å². The Hall–Kier alpha value is -2.01. The molecule has 0 bridgehead atoms. The molecule has 0 spiro atoms. The fraction of sp³-hybridized carbons (Fsp3) is 0.381. The summed E-state index contributed by atoms with van der Waals surface area (Å²) in [6.07, 6.45) is -9.75. The van der Waals surface area contributed by atoms with Gasteiger partial charge in [-0.05, 0) is 47.9 Å². The number of aliphatic hydroxyl groups excluding tert-OH is 1. The van der Waals surface area contributed by atoms with E-state index in [9.17, 15) is 31.4 Å². The molecule has 1 N–H and O–H groups in total. The summed E-state index contributed by atoms with van der Waals surface area (Å²) in [5.41, 5.74) is -2.34. The van der Waals surface area contributed by atoms with Crippen molar-refractivity contribution in [1.29, 1.82) is 0 Å². The van der Waals surface area contributed by atoms with E-state index in [1.54, 1.807) is 12.1 Å². The summed E-state index contributed by atoms with van der Waals surface area (Å²) in [5, 5.41) is 13.9. The van der Waals surface area contributed by atoms with Crippen molar-refractivity contribution in [3.05, 3.63) is 68.7 Å². The quantitative estimate of drug-likeness (QED) is 0.228. The van der Waals surface area contributed by atoms with Crippen LogP contribution in [0.5, 0.6) is 0 Å². The van der Waals surface area contributed by atoms with E-state index < -0.39 is 36.0 Å². The van der Waals surface area contributed by atoms with Crippen LogP contribution in [-0.2, 0) is 28.5 Å². The summed E-state index contributed by atoms with van der Waals surface area (Å²) in [6, 6.07) is 5.96. The van der Waals surface area contributed by atoms with Crippen molar-refractivity contribution in [2.45, 2.75) is 31.3 Å². The van der Waals surface area contributed by atoms with Gasteiger partial charge in [0.25, 0.3) is 0 Å². The fourth-order valence-corrected chi connectivity index (χ4v) is 3.37. The number of rotatable bonds is 9. The number of oxime groups is 1. The van der Waals surface area contributed by atoms with Gasteiger partial charge in [0.05, 0.1) is 40.1 Å². The number of hydrogen-bond donors (Lipinski definition) is 1. The topological polar surface area (TPSA) is 51.0 Å². The third-order valence-electron chi connectivity index (χ3n) is 4.54. The van der Waals surface area contributed by atoms with Gasteiger partial charge in [0, 0.05) is 12.5 Å². The van der Waals surface area contributed by atoms with Crippen LogP contribution in [0.25, 0.3) is 0 Å². The van der Waals surface area contributed by atoms with Crippen LogP contribution in [-0.4, -0.2) is 31.1 Å². The normalized spacial score (nSPS) is 13.8. The molecule has 1 atom stereocenters. The lowest BCUT2D eigenvalue weighted by atomic mass is 9.91. The Kier molecular flexibility index (Phi) is 9.42. The zero-order chi connectivity index (χ0) is 24.8. The van der Waals surface area contributed by atoms with E-state index >= 15 is 0 Å². The van der Waals surface area contributed by atoms with Crippen LogP contribution in [0.15, 0.2) is 41.6 Å². The Bertz CT molecular complexity index is 947. The van der Waals surface area contributed by atoms with Crippen molar-refractivity contribution >= 4 is 28.9 Å². The van der Waals surface area contributed by atoms with Crippen molar-refractivity contribution in [2.75, 3.05) is 20.3 Å². The number of benzene rings is 2. The van der Waals surface area contributed by atoms with E-state index in [1.807, 2.05) is 0 Å². The third kappa shape index (κ3) is 7.77. The molecule has 33 heavy (non-hydrogen) atoms. The lowest BCUT2D eigenvalue weighted by molar-refractivity contribution is -0.143. The first-order valence-corrected chi connectivity index (χ1v) is 10.1. The molecule has 0 saturated heterocycles. The lowest BCUT2D eigenvalue weighted by Crippen LogP contribution is -2.21. The van der Waals surface area contributed by atoms with Gasteiger partial charge in [0.2, 0.25) is 0 Å². The van der Waals surface area contributed by atoms with Crippen molar-refractivity contribution < 1.29 is 41.0 Å². The second kappa shape index (κ2) is 11.4. The van der Waals surface area contributed by atoms with E-state index in [4.69, 9.17) is 32.8 Å². The van der Waals surface area contributed by atoms with E-state index in [2.05, 4.69) is 5.16 Å². The maximum Gasteiger partial charge on any atom is 0.416 e. The lowest BCUT2D eigenvalue weighted by Gasteiger charge is -2.19. The second-order valence-electron chi connectivity index (χ2n) is 6.91. The van der Waals surface area contributed by atoms with Gasteiger partial charge < -0.3 is 14.7 Å². The highest BCUT2D eigenvalue weighted by molar-refractivity contribution is 6.42. The van der Waals surface area contributed by atoms with Crippen molar-refractivity contribution in [3.8, 4) is 0 Å². The van der Waals surface area contributed by atoms with Crippen LogP contribution in [0.2, 0.25) is 10.0 Å². The summed E-state index contributed by atoms with van der Waals surface area (Å²) < 4.78 is 83.6. The largest absolute Gasteiger partial charge is 0.416 e. The third-order valence-corrected chi connectivity index (χ3v) is 5.28. The maximum absolute atomic E-state index is 13.0. The highest BCUT2D eigenvalue weighted by Crippen LogP contribution is 2.36. The molecular weight excluding hydrogens is 499 g/mol. The molecule has 0 amide bonds. The fourth-order valence-electron chi connectivity index (χ4n) is 3.07. The van der Waals surface area contributed by atoms with Crippen LogP contribution < -0.4 is 0 Å². The monoisotopic (exact) mass is 517 g/mol. The predicted octanol–water partition coefficient (Wildman–Crippen LogP) is 6.72. The molecule has 0 aliphatic carbocycles. The molecule has 2 aromatic carbocycles.